The van der Waals surface area contributed by atoms with Gasteiger partial charge in [0, 0.05) is 11.1 Å². The molecule has 0 spiro atoms. The van der Waals surface area contributed by atoms with Gasteiger partial charge in [-0.3, -0.25) is 0 Å². The van der Waals surface area contributed by atoms with E-state index in [9.17, 15) is 0 Å². The van der Waals surface area contributed by atoms with Gasteiger partial charge in [-0.2, -0.15) is 0 Å². The van der Waals surface area contributed by atoms with Crippen LogP contribution < -0.4 is 15.2 Å². The quantitative estimate of drug-likeness (QED) is 0.724. The van der Waals surface area contributed by atoms with Crippen LogP contribution in [-0.2, 0) is 5.54 Å². The van der Waals surface area contributed by atoms with E-state index in [1.165, 1.54) is 0 Å². The van der Waals surface area contributed by atoms with E-state index < -0.39 is 5.54 Å². The van der Waals surface area contributed by atoms with Crippen LogP contribution in [0.15, 0.2) is 78.9 Å². The van der Waals surface area contributed by atoms with Gasteiger partial charge in [-0.15, -0.1) is 0 Å². The molecule has 0 saturated carbocycles. The fraction of sp³-hybridized carbons (Fsp3) is 0.143. The van der Waals surface area contributed by atoms with Crippen molar-refractivity contribution in [2.45, 2.75) is 5.54 Å². The van der Waals surface area contributed by atoms with E-state index in [0.717, 1.165) is 28.2 Å². The number of hydrogen-bond donors (Lipinski definition) is 1. The summed E-state index contributed by atoms with van der Waals surface area (Å²) in [7, 11) is 3.32. The molecule has 3 rings (SSSR count). The SMILES string of the molecule is COc1ccccc1C(N)(c1ccccc1)c1ccccc1OC. The van der Waals surface area contributed by atoms with Crippen LogP contribution in [0.1, 0.15) is 16.7 Å². The molecule has 0 aliphatic rings. The summed E-state index contributed by atoms with van der Waals surface area (Å²) in [6.45, 7) is 0. The molecule has 0 saturated heterocycles. The van der Waals surface area contributed by atoms with E-state index in [1.54, 1.807) is 14.2 Å². The van der Waals surface area contributed by atoms with Crippen molar-refractivity contribution in [1.29, 1.82) is 0 Å². The van der Waals surface area contributed by atoms with Crippen LogP contribution in [0.25, 0.3) is 0 Å². The Morgan fingerprint density at radius 1 is 0.625 bits per heavy atom. The summed E-state index contributed by atoms with van der Waals surface area (Å²) < 4.78 is 11.2. The zero-order valence-electron chi connectivity index (χ0n) is 13.9. The first-order valence-corrected chi connectivity index (χ1v) is 7.83. The van der Waals surface area contributed by atoms with Gasteiger partial charge in [-0.25, -0.2) is 0 Å². The van der Waals surface area contributed by atoms with Crippen molar-refractivity contribution in [3.05, 3.63) is 95.6 Å². The minimum absolute atomic E-state index is 0.745. The topological polar surface area (TPSA) is 44.5 Å². The van der Waals surface area contributed by atoms with Crippen LogP contribution in [0.3, 0.4) is 0 Å². The molecule has 24 heavy (non-hydrogen) atoms. The average Bonchev–Trinajstić information content (AvgIpc) is 2.68. The number of benzene rings is 3. The largest absolute Gasteiger partial charge is 0.496 e. The molecule has 0 aromatic heterocycles. The first-order valence-electron chi connectivity index (χ1n) is 7.83. The second-order valence-corrected chi connectivity index (χ2v) is 5.57. The maximum absolute atomic E-state index is 7.05. The third kappa shape index (κ3) is 2.63. The van der Waals surface area contributed by atoms with Crippen LogP contribution in [0, 0.1) is 0 Å². The predicted octanol–water partition coefficient (Wildman–Crippen LogP) is 3.95. The van der Waals surface area contributed by atoms with Crippen molar-refractivity contribution in [1.82, 2.24) is 0 Å². The van der Waals surface area contributed by atoms with E-state index in [2.05, 4.69) is 0 Å². The number of nitrogens with two attached hydrogens (primary N) is 1. The third-order valence-electron chi connectivity index (χ3n) is 4.29. The molecule has 122 valence electrons. The molecule has 0 amide bonds. The van der Waals surface area contributed by atoms with Gasteiger partial charge in [0.25, 0.3) is 0 Å². The van der Waals surface area contributed by atoms with Crippen LogP contribution >= 0.6 is 0 Å². The number of methoxy groups -OCH3 is 2. The lowest BCUT2D eigenvalue weighted by molar-refractivity contribution is 0.389. The summed E-state index contributed by atoms with van der Waals surface area (Å²) in [5.41, 5.74) is 8.92. The zero-order valence-corrected chi connectivity index (χ0v) is 13.9. The van der Waals surface area contributed by atoms with Gasteiger partial charge < -0.3 is 15.2 Å². The number of ether oxygens (including phenoxy) is 2. The Balaban J connectivity index is 2.34. The number of rotatable bonds is 5. The Morgan fingerprint density at radius 3 is 1.50 bits per heavy atom. The first kappa shape index (κ1) is 16.1. The van der Waals surface area contributed by atoms with Gasteiger partial charge in [-0.05, 0) is 17.7 Å². The first-order chi connectivity index (χ1) is 11.7. The molecule has 3 heteroatoms. The van der Waals surface area contributed by atoms with E-state index in [1.807, 2.05) is 78.9 Å². The van der Waals surface area contributed by atoms with Crippen molar-refractivity contribution >= 4 is 0 Å². The lowest BCUT2D eigenvalue weighted by atomic mass is 9.77. The average molecular weight is 319 g/mol. The highest BCUT2D eigenvalue weighted by atomic mass is 16.5. The van der Waals surface area contributed by atoms with Crippen LogP contribution in [-0.4, -0.2) is 14.2 Å². The van der Waals surface area contributed by atoms with Gasteiger partial charge in [-0.1, -0.05) is 66.7 Å². The summed E-state index contributed by atoms with van der Waals surface area (Å²) in [6, 6.07) is 25.7. The Bertz CT molecular complexity index is 767. The summed E-state index contributed by atoms with van der Waals surface area (Å²) >= 11 is 0. The Morgan fingerprint density at radius 2 is 1.04 bits per heavy atom. The molecule has 0 bridgehead atoms. The lowest BCUT2D eigenvalue weighted by Crippen LogP contribution is -2.40. The van der Waals surface area contributed by atoms with Crippen LogP contribution in [0.2, 0.25) is 0 Å². The second kappa shape index (κ2) is 6.77. The normalized spacial score (nSPS) is 11.1. The molecular weight excluding hydrogens is 298 g/mol. The fourth-order valence-electron chi connectivity index (χ4n) is 3.10. The summed E-state index contributed by atoms with van der Waals surface area (Å²) in [5, 5.41) is 0. The summed E-state index contributed by atoms with van der Waals surface area (Å²) in [4.78, 5) is 0. The minimum Gasteiger partial charge on any atom is -0.496 e. The summed E-state index contributed by atoms with van der Waals surface area (Å²) in [6.07, 6.45) is 0. The second-order valence-electron chi connectivity index (χ2n) is 5.57. The molecule has 0 aliphatic heterocycles. The lowest BCUT2D eigenvalue weighted by Gasteiger charge is -2.33. The Kier molecular flexibility index (Phi) is 4.54. The van der Waals surface area contributed by atoms with Gasteiger partial charge in [0.2, 0.25) is 0 Å². The van der Waals surface area contributed by atoms with E-state index in [0.29, 0.717) is 0 Å². The van der Waals surface area contributed by atoms with Gasteiger partial charge >= 0.3 is 0 Å². The maximum Gasteiger partial charge on any atom is 0.124 e. The number of para-hydroxylation sites is 2. The maximum atomic E-state index is 7.05. The van der Waals surface area contributed by atoms with Crippen LogP contribution in [0.5, 0.6) is 11.5 Å². The minimum atomic E-state index is -0.888. The van der Waals surface area contributed by atoms with Crippen molar-refractivity contribution < 1.29 is 9.47 Å². The molecule has 0 fully saturated rings. The molecule has 0 unspecified atom stereocenters. The standard InChI is InChI=1S/C21H21NO2/c1-23-19-14-8-6-12-17(19)21(22,16-10-4-3-5-11-16)18-13-7-9-15-20(18)24-2/h3-15H,22H2,1-2H3. The van der Waals surface area contributed by atoms with E-state index in [4.69, 9.17) is 15.2 Å². The van der Waals surface area contributed by atoms with Crippen molar-refractivity contribution in [2.75, 3.05) is 14.2 Å². The molecule has 0 heterocycles. The monoisotopic (exact) mass is 319 g/mol. The van der Waals surface area contributed by atoms with Gasteiger partial charge in [0.1, 0.15) is 11.5 Å². The number of hydrogen-bond acceptors (Lipinski definition) is 3. The highest BCUT2D eigenvalue weighted by Crippen LogP contribution is 2.42. The van der Waals surface area contributed by atoms with E-state index in [-0.39, 0.29) is 0 Å². The molecule has 0 aliphatic carbocycles. The molecule has 2 N–H and O–H groups in total. The summed E-state index contributed by atoms with van der Waals surface area (Å²) in [5.74, 6) is 1.49. The van der Waals surface area contributed by atoms with Gasteiger partial charge in [0.05, 0.1) is 19.8 Å². The van der Waals surface area contributed by atoms with Crippen molar-refractivity contribution in [2.24, 2.45) is 5.73 Å². The highest BCUT2D eigenvalue weighted by molar-refractivity contribution is 5.57. The Hall–Kier alpha value is -2.78. The molecule has 3 aromatic rings. The van der Waals surface area contributed by atoms with Crippen molar-refractivity contribution in [3.63, 3.8) is 0 Å². The third-order valence-corrected chi connectivity index (χ3v) is 4.29. The Labute approximate surface area is 142 Å². The molecular formula is C21H21NO2. The fourth-order valence-corrected chi connectivity index (χ4v) is 3.10. The molecule has 3 aromatic carbocycles. The molecule has 0 radical (unpaired) electrons. The molecule has 0 atom stereocenters. The van der Waals surface area contributed by atoms with Crippen molar-refractivity contribution in [3.8, 4) is 11.5 Å². The zero-order chi connectivity index (χ0) is 17.0. The van der Waals surface area contributed by atoms with E-state index >= 15 is 0 Å². The predicted molar refractivity (Wildman–Crippen MR) is 96.5 cm³/mol. The van der Waals surface area contributed by atoms with Gasteiger partial charge in [0.15, 0.2) is 0 Å². The smallest absolute Gasteiger partial charge is 0.124 e. The van der Waals surface area contributed by atoms with Crippen LogP contribution in [0.4, 0.5) is 0 Å². The molecule has 3 nitrogen and oxygen atoms in total. The highest BCUT2D eigenvalue weighted by Gasteiger charge is 2.36.